The summed E-state index contributed by atoms with van der Waals surface area (Å²) in [4.78, 5) is 12.6. The van der Waals surface area contributed by atoms with E-state index >= 15 is 0 Å². The van der Waals surface area contributed by atoms with E-state index in [2.05, 4.69) is 10.0 Å². The van der Waals surface area contributed by atoms with Crippen LogP contribution >= 0.6 is 0 Å². The zero-order valence-electron chi connectivity index (χ0n) is 16.4. The van der Waals surface area contributed by atoms with Gasteiger partial charge in [-0.05, 0) is 67.6 Å². The third-order valence-corrected chi connectivity index (χ3v) is 6.03. The summed E-state index contributed by atoms with van der Waals surface area (Å²) in [5, 5.41) is 2.74. The van der Waals surface area contributed by atoms with Crippen LogP contribution in [0.5, 0.6) is 11.5 Å². The number of para-hydroxylation sites is 2. The fraction of sp³-hybridized carbons (Fsp3) is 0.136. The minimum Gasteiger partial charge on any atom is -0.482 e. The first-order valence-corrected chi connectivity index (χ1v) is 10.9. The summed E-state index contributed by atoms with van der Waals surface area (Å²) in [5.41, 5.74) is 0.756. The van der Waals surface area contributed by atoms with Gasteiger partial charge in [0.25, 0.3) is 15.9 Å². The molecule has 0 fully saturated rings. The number of carbonyl (C=O) groups excluding carboxylic acids is 1. The molecular formula is C22H19FN2O5S. The first-order chi connectivity index (χ1) is 14.8. The molecule has 3 aromatic rings. The second kappa shape index (κ2) is 8.27. The average molecular weight is 442 g/mol. The third-order valence-electron chi connectivity index (χ3n) is 4.63. The van der Waals surface area contributed by atoms with Gasteiger partial charge >= 0.3 is 0 Å². The molecule has 0 bridgehead atoms. The predicted molar refractivity (Wildman–Crippen MR) is 113 cm³/mol. The van der Waals surface area contributed by atoms with Crippen LogP contribution < -0.4 is 19.5 Å². The van der Waals surface area contributed by atoms with Crippen LogP contribution in [0, 0.1) is 5.82 Å². The van der Waals surface area contributed by atoms with Crippen LogP contribution in [-0.2, 0) is 14.8 Å². The molecule has 160 valence electrons. The zero-order valence-corrected chi connectivity index (χ0v) is 17.2. The number of ether oxygens (including phenoxy) is 2. The molecule has 1 heterocycles. The van der Waals surface area contributed by atoms with Crippen molar-refractivity contribution in [1.82, 2.24) is 0 Å². The number of amides is 1. The summed E-state index contributed by atoms with van der Waals surface area (Å²) in [7, 11) is -3.86. The van der Waals surface area contributed by atoms with Crippen molar-refractivity contribution in [1.29, 1.82) is 0 Å². The third kappa shape index (κ3) is 4.61. The van der Waals surface area contributed by atoms with E-state index in [1.807, 2.05) is 6.07 Å². The van der Waals surface area contributed by atoms with Gasteiger partial charge in [0.1, 0.15) is 11.9 Å². The van der Waals surface area contributed by atoms with Crippen LogP contribution in [0.1, 0.15) is 6.92 Å². The van der Waals surface area contributed by atoms with Crippen molar-refractivity contribution in [2.45, 2.75) is 24.0 Å². The molecule has 0 spiro atoms. The molecule has 0 aliphatic carbocycles. The van der Waals surface area contributed by atoms with Gasteiger partial charge in [-0.3, -0.25) is 9.52 Å². The molecule has 0 saturated carbocycles. The molecule has 1 aliphatic heterocycles. The highest BCUT2D eigenvalue weighted by molar-refractivity contribution is 7.92. The van der Waals surface area contributed by atoms with E-state index in [1.165, 1.54) is 24.3 Å². The molecule has 2 N–H and O–H groups in total. The highest BCUT2D eigenvalue weighted by atomic mass is 32.2. The molecule has 0 saturated heterocycles. The van der Waals surface area contributed by atoms with Gasteiger partial charge in [0, 0.05) is 11.4 Å². The number of anilines is 2. The van der Waals surface area contributed by atoms with Crippen molar-refractivity contribution in [3.05, 3.63) is 78.6 Å². The fourth-order valence-corrected chi connectivity index (χ4v) is 4.13. The Balaban J connectivity index is 1.42. The molecule has 3 aromatic carbocycles. The smallest absolute Gasteiger partial charge is 0.269 e. The number of hydrogen-bond acceptors (Lipinski definition) is 5. The molecule has 0 aromatic heterocycles. The van der Waals surface area contributed by atoms with E-state index in [4.69, 9.17) is 9.47 Å². The SMILES string of the molecule is C[C@H]1Oc2ccccc2O[C@@H]1C(=O)Nc1ccc(NS(=O)(=O)c2ccc(F)cc2)cc1. The summed E-state index contributed by atoms with van der Waals surface area (Å²) in [6.07, 6.45) is -1.33. The van der Waals surface area contributed by atoms with Crippen LogP contribution in [-0.4, -0.2) is 26.5 Å². The number of benzene rings is 3. The van der Waals surface area contributed by atoms with Crippen molar-refractivity contribution < 1.29 is 27.1 Å². The Hall–Kier alpha value is -3.59. The molecule has 4 rings (SSSR count). The standard InChI is InChI=1S/C22H19FN2O5S/c1-14-21(30-20-5-3-2-4-19(20)29-14)22(26)24-16-8-10-17(11-9-16)25-31(27,28)18-12-6-15(23)7-13-18/h2-14,21,25H,1H3,(H,24,26)/t14-,21+/m1/s1. The van der Waals surface area contributed by atoms with Crippen molar-refractivity contribution in [2.24, 2.45) is 0 Å². The number of halogens is 1. The van der Waals surface area contributed by atoms with Crippen LogP contribution in [0.2, 0.25) is 0 Å². The minimum absolute atomic E-state index is 0.0602. The van der Waals surface area contributed by atoms with Gasteiger partial charge in [-0.2, -0.15) is 0 Å². The summed E-state index contributed by atoms with van der Waals surface area (Å²) in [5.74, 6) is 0.161. The molecule has 9 heteroatoms. The molecule has 1 aliphatic rings. The lowest BCUT2D eigenvalue weighted by molar-refractivity contribution is -0.128. The van der Waals surface area contributed by atoms with Gasteiger partial charge in [0.05, 0.1) is 4.90 Å². The van der Waals surface area contributed by atoms with Crippen LogP contribution in [0.25, 0.3) is 0 Å². The topological polar surface area (TPSA) is 93.7 Å². The second-order valence-electron chi connectivity index (χ2n) is 6.93. The van der Waals surface area contributed by atoms with Crippen LogP contribution in [0.4, 0.5) is 15.8 Å². The number of carbonyl (C=O) groups is 1. The molecular weight excluding hydrogens is 423 g/mol. The van der Waals surface area contributed by atoms with Crippen LogP contribution in [0.15, 0.2) is 77.7 Å². The normalized spacial score (nSPS) is 17.6. The Bertz CT molecular complexity index is 1200. The maximum absolute atomic E-state index is 13.0. The second-order valence-corrected chi connectivity index (χ2v) is 8.62. The summed E-state index contributed by atoms with van der Waals surface area (Å²) in [6, 6.07) is 17.7. The average Bonchev–Trinajstić information content (AvgIpc) is 2.74. The van der Waals surface area contributed by atoms with E-state index in [9.17, 15) is 17.6 Å². The number of sulfonamides is 1. The summed E-state index contributed by atoms with van der Waals surface area (Å²) >= 11 is 0. The largest absolute Gasteiger partial charge is 0.482 e. The Kier molecular flexibility index (Phi) is 5.51. The molecule has 31 heavy (non-hydrogen) atoms. The Morgan fingerprint density at radius 1 is 0.871 bits per heavy atom. The van der Waals surface area contributed by atoms with Gasteiger partial charge in [0.2, 0.25) is 6.10 Å². The maximum atomic E-state index is 13.0. The first-order valence-electron chi connectivity index (χ1n) is 9.43. The monoisotopic (exact) mass is 442 g/mol. The van der Waals surface area contributed by atoms with E-state index in [0.29, 0.717) is 22.9 Å². The van der Waals surface area contributed by atoms with Crippen LogP contribution in [0.3, 0.4) is 0 Å². The Morgan fingerprint density at radius 2 is 1.45 bits per heavy atom. The van der Waals surface area contributed by atoms with Gasteiger partial charge in [0.15, 0.2) is 11.5 Å². The van der Waals surface area contributed by atoms with Gasteiger partial charge < -0.3 is 14.8 Å². The molecule has 7 nitrogen and oxygen atoms in total. The molecule has 0 unspecified atom stereocenters. The van der Waals surface area contributed by atoms with Crippen molar-refractivity contribution in [3.8, 4) is 11.5 Å². The predicted octanol–water partition coefficient (Wildman–Crippen LogP) is 3.79. The fourth-order valence-electron chi connectivity index (χ4n) is 3.07. The van der Waals surface area contributed by atoms with Gasteiger partial charge in [-0.1, -0.05) is 12.1 Å². The lowest BCUT2D eigenvalue weighted by Gasteiger charge is -2.31. The van der Waals surface area contributed by atoms with Gasteiger partial charge in [-0.25, -0.2) is 12.8 Å². The number of hydrogen-bond donors (Lipinski definition) is 2. The summed E-state index contributed by atoms with van der Waals surface area (Å²) < 4.78 is 51.7. The van der Waals surface area contributed by atoms with E-state index in [-0.39, 0.29) is 10.8 Å². The first kappa shape index (κ1) is 20.7. The quantitative estimate of drug-likeness (QED) is 0.627. The Labute approximate surface area is 178 Å². The van der Waals surface area contributed by atoms with E-state index < -0.39 is 28.0 Å². The van der Waals surface area contributed by atoms with E-state index in [1.54, 1.807) is 37.3 Å². The Morgan fingerprint density at radius 3 is 2.10 bits per heavy atom. The highest BCUT2D eigenvalue weighted by Gasteiger charge is 2.34. The molecule has 0 radical (unpaired) electrons. The lowest BCUT2D eigenvalue weighted by atomic mass is 10.1. The lowest BCUT2D eigenvalue weighted by Crippen LogP contribution is -2.46. The minimum atomic E-state index is -3.86. The molecule has 2 atom stereocenters. The summed E-state index contributed by atoms with van der Waals surface area (Å²) in [6.45, 7) is 1.74. The maximum Gasteiger partial charge on any atom is 0.269 e. The number of nitrogens with one attached hydrogen (secondary N) is 2. The zero-order chi connectivity index (χ0) is 22.0. The number of rotatable bonds is 5. The van der Waals surface area contributed by atoms with Crippen molar-refractivity contribution >= 4 is 27.3 Å². The number of fused-ring (bicyclic) bond motifs is 1. The van der Waals surface area contributed by atoms with Crippen molar-refractivity contribution in [3.63, 3.8) is 0 Å². The molecule has 1 amide bonds. The van der Waals surface area contributed by atoms with E-state index in [0.717, 1.165) is 12.1 Å². The van der Waals surface area contributed by atoms with Crippen molar-refractivity contribution in [2.75, 3.05) is 10.0 Å². The highest BCUT2D eigenvalue weighted by Crippen LogP contribution is 2.33. The van der Waals surface area contributed by atoms with Gasteiger partial charge in [-0.15, -0.1) is 0 Å².